The normalized spacial score (nSPS) is 24.0. The Balaban J connectivity index is 1.28. The van der Waals surface area contributed by atoms with Crippen molar-refractivity contribution < 1.29 is 4.79 Å². The molecule has 0 aromatic heterocycles. The largest absolute Gasteiger partial charge is 0.332 e. The molecule has 2 heterocycles. The molecule has 4 heteroatoms. The van der Waals surface area contributed by atoms with Crippen LogP contribution in [0.3, 0.4) is 0 Å². The molecule has 1 spiro atoms. The maximum absolute atomic E-state index is 13.1. The van der Waals surface area contributed by atoms with Crippen LogP contribution < -0.4 is 5.32 Å². The van der Waals surface area contributed by atoms with Crippen molar-refractivity contribution in [1.29, 1.82) is 0 Å². The van der Waals surface area contributed by atoms with Gasteiger partial charge >= 0.3 is 6.03 Å². The molecule has 1 N–H and O–H groups in total. The second-order valence-electron chi connectivity index (χ2n) is 11.4. The Morgan fingerprint density at radius 1 is 0.941 bits per heavy atom. The first-order chi connectivity index (χ1) is 16.4. The minimum atomic E-state index is 0.0644. The number of nitrogens with one attached hydrogen (secondary N) is 1. The second-order valence-corrected chi connectivity index (χ2v) is 11.4. The Kier molecular flexibility index (Phi) is 6.22. The van der Waals surface area contributed by atoms with Crippen molar-refractivity contribution in [3.63, 3.8) is 0 Å². The van der Waals surface area contributed by atoms with Gasteiger partial charge in [0.25, 0.3) is 0 Å². The van der Waals surface area contributed by atoms with E-state index in [0.717, 1.165) is 51.7 Å². The van der Waals surface area contributed by atoms with Gasteiger partial charge in [-0.2, -0.15) is 0 Å². The molecule has 2 aliphatic heterocycles. The van der Waals surface area contributed by atoms with Crippen molar-refractivity contribution >= 4 is 6.03 Å². The van der Waals surface area contributed by atoms with Crippen molar-refractivity contribution in [3.05, 3.63) is 60.2 Å². The molecule has 34 heavy (non-hydrogen) atoms. The number of carbonyl (C=O) groups is 1. The van der Waals surface area contributed by atoms with Crippen molar-refractivity contribution in [2.45, 2.75) is 77.4 Å². The summed E-state index contributed by atoms with van der Waals surface area (Å²) in [5.41, 5.74) is 4.31. The van der Waals surface area contributed by atoms with Crippen LogP contribution in [0.5, 0.6) is 0 Å². The lowest BCUT2D eigenvalue weighted by molar-refractivity contribution is -0.123. The summed E-state index contributed by atoms with van der Waals surface area (Å²) in [4.78, 5) is 17.8. The number of nitrogens with zero attached hydrogens (tertiary/aromatic N) is 2. The molecule has 182 valence electrons. The topological polar surface area (TPSA) is 35.6 Å². The first kappa shape index (κ1) is 23.4. The third kappa shape index (κ3) is 4.15. The number of hydrogen-bond donors (Lipinski definition) is 1. The predicted octanol–water partition coefficient (Wildman–Crippen LogP) is 6.49. The first-order valence-corrected chi connectivity index (χ1v) is 13.4. The van der Waals surface area contributed by atoms with Gasteiger partial charge in [0.15, 0.2) is 0 Å². The summed E-state index contributed by atoms with van der Waals surface area (Å²) in [5.74, 6) is 0.557. The highest BCUT2D eigenvalue weighted by Crippen LogP contribution is 2.56. The van der Waals surface area contributed by atoms with Crippen LogP contribution >= 0.6 is 0 Å². The SMILES string of the molecule is CC[C@H](C)C1(NC(=O)N2CCC3(CC2)CN(C(C)C)C3c2ccc(-c3ccccc3)cc2)CC1. The summed E-state index contributed by atoms with van der Waals surface area (Å²) in [6.45, 7) is 12.0. The van der Waals surface area contributed by atoms with Crippen LogP contribution in [0, 0.1) is 11.3 Å². The fourth-order valence-corrected chi connectivity index (χ4v) is 6.44. The van der Waals surface area contributed by atoms with E-state index in [1.807, 2.05) is 0 Å². The van der Waals surface area contributed by atoms with E-state index >= 15 is 0 Å². The molecular formula is C30H41N3O. The molecule has 2 amide bonds. The van der Waals surface area contributed by atoms with Gasteiger partial charge in [-0.1, -0.05) is 74.9 Å². The number of urea groups is 1. The highest BCUT2D eigenvalue weighted by Gasteiger charge is 2.55. The Bertz CT molecular complexity index is 987. The Morgan fingerprint density at radius 2 is 1.56 bits per heavy atom. The molecule has 5 rings (SSSR count). The van der Waals surface area contributed by atoms with Crippen LogP contribution in [0.25, 0.3) is 11.1 Å². The number of carbonyl (C=O) groups excluding carboxylic acids is 1. The lowest BCUT2D eigenvalue weighted by Crippen LogP contribution is -2.64. The summed E-state index contributed by atoms with van der Waals surface area (Å²) in [6.07, 6.45) is 5.57. The minimum absolute atomic E-state index is 0.0644. The van der Waals surface area contributed by atoms with Crippen molar-refractivity contribution in [3.8, 4) is 11.1 Å². The number of hydrogen-bond acceptors (Lipinski definition) is 2. The average molecular weight is 460 g/mol. The van der Waals surface area contributed by atoms with Gasteiger partial charge in [0.2, 0.25) is 0 Å². The van der Waals surface area contributed by atoms with Crippen LogP contribution in [0.1, 0.15) is 71.4 Å². The highest BCUT2D eigenvalue weighted by molar-refractivity contribution is 5.76. The van der Waals surface area contributed by atoms with Crippen molar-refractivity contribution in [2.75, 3.05) is 19.6 Å². The van der Waals surface area contributed by atoms with E-state index in [4.69, 9.17) is 0 Å². The van der Waals surface area contributed by atoms with Gasteiger partial charge in [0, 0.05) is 42.7 Å². The smallest absolute Gasteiger partial charge is 0.317 e. The Morgan fingerprint density at radius 3 is 2.12 bits per heavy atom. The van der Waals surface area contributed by atoms with Gasteiger partial charge in [-0.15, -0.1) is 0 Å². The maximum atomic E-state index is 13.1. The van der Waals surface area contributed by atoms with E-state index in [-0.39, 0.29) is 17.0 Å². The molecular weight excluding hydrogens is 418 g/mol. The van der Waals surface area contributed by atoms with E-state index < -0.39 is 0 Å². The molecule has 2 atom stereocenters. The fourth-order valence-electron chi connectivity index (χ4n) is 6.44. The van der Waals surface area contributed by atoms with Gasteiger partial charge in [-0.05, 0) is 62.1 Å². The first-order valence-electron chi connectivity index (χ1n) is 13.4. The summed E-state index contributed by atoms with van der Waals surface area (Å²) in [7, 11) is 0. The van der Waals surface area contributed by atoms with Gasteiger partial charge in [0.1, 0.15) is 0 Å². The molecule has 1 saturated carbocycles. The highest BCUT2D eigenvalue weighted by atomic mass is 16.2. The van der Waals surface area contributed by atoms with Crippen LogP contribution in [0.2, 0.25) is 0 Å². The zero-order valence-electron chi connectivity index (χ0n) is 21.4. The monoisotopic (exact) mass is 459 g/mol. The second kappa shape index (κ2) is 9.03. The lowest BCUT2D eigenvalue weighted by atomic mass is 9.62. The molecule has 2 aromatic rings. The number of amides is 2. The molecule has 0 bridgehead atoms. The van der Waals surface area contributed by atoms with E-state index in [0.29, 0.717) is 18.0 Å². The van der Waals surface area contributed by atoms with E-state index in [1.165, 1.54) is 16.7 Å². The molecule has 1 aliphatic carbocycles. The molecule has 3 aliphatic rings. The summed E-state index contributed by atoms with van der Waals surface area (Å²) in [5, 5.41) is 3.42. The lowest BCUT2D eigenvalue weighted by Gasteiger charge is -2.62. The van der Waals surface area contributed by atoms with Gasteiger partial charge in [0.05, 0.1) is 0 Å². The molecule has 2 saturated heterocycles. The average Bonchev–Trinajstić information content (AvgIpc) is 3.63. The van der Waals surface area contributed by atoms with Crippen LogP contribution in [0.4, 0.5) is 4.79 Å². The Labute approximate surface area is 205 Å². The van der Waals surface area contributed by atoms with Gasteiger partial charge in [-0.25, -0.2) is 4.79 Å². The number of piperidine rings is 1. The van der Waals surface area contributed by atoms with Crippen LogP contribution in [0.15, 0.2) is 54.6 Å². The van der Waals surface area contributed by atoms with Gasteiger partial charge in [-0.3, -0.25) is 4.90 Å². The third-order valence-corrected chi connectivity index (χ3v) is 9.15. The zero-order valence-corrected chi connectivity index (χ0v) is 21.4. The molecule has 4 nitrogen and oxygen atoms in total. The van der Waals surface area contributed by atoms with Crippen molar-refractivity contribution in [2.24, 2.45) is 11.3 Å². The van der Waals surface area contributed by atoms with Gasteiger partial charge < -0.3 is 10.2 Å². The summed E-state index contributed by atoms with van der Waals surface area (Å²) >= 11 is 0. The fraction of sp³-hybridized carbons (Fsp3) is 0.567. The quantitative estimate of drug-likeness (QED) is 0.536. The van der Waals surface area contributed by atoms with Crippen LogP contribution in [-0.2, 0) is 0 Å². The molecule has 0 radical (unpaired) electrons. The Hall–Kier alpha value is -2.33. The number of rotatable bonds is 6. The number of likely N-dealkylation sites (tertiary alicyclic amines) is 2. The zero-order chi connectivity index (χ0) is 23.9. The number of benzene rings is 2. The summed E-state index contributed by atoms with van der Waals surface area (Å²) in [6, 6.07) is 21.0. The van der Waals surface area contributed by atoms with E-state index in [9.17, 15) is 4.79 Å². The minimum Gasteiger partial charge on any atom is -0.332 e. The molecule has 1 unspecified atom stereocenters. The predicted molar refractivity (Wildman–Crippen MR) is 140 cm³/mol. The maximum Gasteiger partial charge on any atom is 0.317 e. The van der Waals surface area contributed by atoms with Crippen molar-refractivity contribution in [1.82, 2.24) is 15.1 Å². The molecule has 2 aromatic carbocycles. The van der Waals surface area contributed by atoms with E-state index in [1.54, 1.807) is 0 Å². The van der Waals surface area contributed by atoms with Crippen LogP contribution in [-0.4, -0.2) is 47.0 Å². The standard InChI is InChI=1S/C30H41N3O/c1-5-23(4)30(15-16-30)31-28(34)32-19-17-29(18-20-32)21-33(22(2)3)27(29)26-13-11-25(12-14-26)24-9-7-6-8-10-24/h6-14,22-23,27H,5,15-21H2,1-4H3,(H,31,34)/t23-,27?/m0/s1. The van der Waals surface area contributed by atoms with E-state index in [2.05, 4.69) is 97.4 Å². The molecule has 3 fully saturated rings. The third-order valence-electron chi connectivity index (χ3n) is 9.15. The summed E-state index contributed by atoms with van der Waals surface area (Å²) < 4.78 is 0.